The first-order valence-corrected chi connectivity index (χ1v) is 9.04. The highest BCUT2D eigenvalue weighted by atomic mass is 35.5. The Balaban J connectivity index is 2.07. The minimum absolute atomic E-state index is 0.0149. The van der Waals surface area contributed by atoms with Crippen LogP contribution in [0.4, 0.5) is 10.1 Å². The van der Waals surface area contributed by atoms with Crippen LogP contribution >= 0.6 is 23.2 Å². The predicted octanol–water partition coefficient (Wildman–Crippen LogP) is 3.69. The molecule has 8 heteroatoms. The van der Waals surface area contributed by atoms with Gasteiger partial charge in [-0.3, -0.25) is 4.79 Å². The first-order chi connectivity index (χ1) is 10.8. The van der Waals surface area contributed by atoms with Crippen molar-refractivity contribution in [3.8, 4) is 0 Å². The minimum atomic E-state index is -3.83. The van der Waals surface area contributed by atoms with E-state index in [4.69, 9.17) is 23.2 Å². The molecule has 23 heavy (non-hydrogen) atoms. The molecule has 0 atom stereocenters. The van der Waals surface area contributed by atoms with Gasteiger partial charge in [-0.2, -0.15) is 0 Å². The Hall–Kier alpha value is -1.63. The summed E-state index contributed by atoms with van der Waals surface area (Å²) in [6, 6.07) is 10.1. The molecule has 0 radical (unpaired) electrons. The lowest BCUT2D eigenvalue weighted by molar-refractivity contribution is -0.113. The number of hydrogen-bond donors (Lipinski definition) is 1. The Labute approximate surface area is 143 Å². The zero-order valence-electron chi connectivity index (χ0n) is 11.7. The molecule has 2 aromatic carbocycles. The summed E-state index contributed by atoms with van der Waals surface area (Å²) in [7, 11) is -3.83. The summed E-state index contributed by atoms with van der Waals surface area (Å²) < 4.78 is 37.5. The highest BCUT2D eigenvalue weighted by Gasteiger charge is 2.20. The van der Waals surface area contributed by atoms with Gasteiger partial charge in [0, 0.05) is 5.56 Å². The van der Waals surface area contributed by atoms with Crippen LogP contribution in [-0.2, 0) is 20.4 Å². The smallest absolute Gasteiger partial charge is 0.239 e. The molecule has 0 spiro atoms. The highest BCUT2D eigenvalue weighted by Crippen LogP contribution is 2.29. The molecular weight excluding hydrogens is 364 g/mol. The number of carbonyl (C=O) groups is 1. The molecule has 0 bridgehead atoms. The number of rotatable bonds is 5. The van der Waals surface area contributed by atoms with E-state index in [-0.39, 0.29) is 21.3 Å². The summed E-state index contributed by atoms with van der Waals surface area (Å²) in [4.78, 5) is 11.9. The van der Waals surface area contributed by atoms with Crippen molar-refractivity contribution < 1.29 is 17.6 Å². The third kappa shape index (κ3) is 4.92. The van der Waals surface area contributed by atoms with E-state index in [0.29, 0.717) is 0 Å². The van der Waals surface area contributed by atoms with Crippen molar-refractivity contribution in [2.45, 2.75) is 5.75 Å². The van der Waals surface area contributed by atoms with Crippen LogP contribution in [0.3, 0.4) is 0 Å². The molecule has 0 unspecified atom stereocenters. The SMILES string of the molecule is O=C(CS(=O)(=O)Cc1ccccc1F)Nc1cccc(Cl)c1Cl. The topological polar surface area (TPSA) is 63.2 Å². The van der Waals surface area contributed by atoms with Crippen LogP contribution in [0, 0.1) is 5.82 Å². The first kappa shape index (κ1) is 17.7. The Morgan fingerprint density at radius 1 is 1.09 bits per heavy atom. The molecule has 2 rings (SSSR count). The molecule has 0 aliphatic heterocycles. The van der Waals surface area contributed by atoms with E-state index in [1.165, 1.54) is 30.3 Å². The number of sulfone groups is 1. The van der Waals surface area contributed by atoms with Crippen molar-refractivity contribution in [2.75, 3.05) is 11.1 Å². The highest BCUT2D eigenvalue weighted by molar-refractivity contribution is 7.91. The van der Waals surface area contributed by atoms with Crippen LogP contribution in [0.15, 0.2) is 42.5 Å². The number of carbonyl (C=O) groups excluding carboxylic acids is 1. The van der Waals surface area contributed by atoms with E-state index in [1.807, 2.05) is 0 Å². The van der Waals surface area contributed by atoms with Crippen molar-refractivity contribution in [2.24, 2.45) is 0 Å². The third-order valence-electron chi connectivity index (χ3n) is 2.91. The Morgan fingerprint density at radius 3 is 2.48 bits per heavy atom. The number of nitrogens with one attached hydrogen (secondary N) is 1. The molecule has 122 valence electrons. The fourth-order valence-electron chi connectivity index (χ4n) is 1.89. The fraction of sp³-hybridized carbons (Fsp3) is 0.133. The van der Waals surface area contributed by atoms with Crippen molar-refractivity contribution in [3.63, 3.8) is 0 Å². The van der Waals surface area contributed by atoms with Crippen molar-refractivity contribution >= 4 is 44.6 Å². The maximum atomic E-state index is 13.5. The van der Waals surface area contributed by atoms with Gasteiger partial charge in [0.1, 0.15) is 11.6 Å². The van der Waals surface area contributed by atoms with E-state index in [0.717, 1.165) is 6.07 Å². The van der Waals surface area contributed by atoms with Gasteiger partial charge in [0.25, 0.3) is 0 Å². The Bertz CT molecular complexity index is 840. The van der Waals surface area contributed by atoms with E-state index < -0.39 is 33.1 Å². The van der Waals surface area contributed by atoms with Crippen LogP contribution in [0.1, 0.15) is 5.56 Å². The molecule has 2 aromatic rings. The van der Waals surface area contributed by atoms with Crippen LogP contribution in [0.5, 0.6) is 0 Å². The van der Waals surface area contributed by atoms with Crippen LogP contribution < -0.4 is 5.32 Å². The van der Waals surface area contributed by atoms with Crippen LogP contribution in [0.25, 0.3) is 0 Å². The summed E-state index contributed by atoms with van der Waals surface area (Å²) >= 11 is 11.7. The fourth-order valence-corrected chi connectivity index (χ4v) is 3.52. The lowest BCUT2D eigenvalue weighted by atomic mass is 10.2. The Kier molecular flexibility index (Phi) is 5.62. The molecule has 1 amide bonds. The summed E-state index contributed by atoms with van der Waals surface area (Å²) in [6.07, 6.45) is 0. The van der Waals surface area contributed by atoms with Crippen LogP contribution in [-0.4, -0.2) is 20.1 Å². The molecule has 0 saturated carbocycles. The zero-order valence-corrected chi connectivity index (χ0v) is 14.1. The number of benzene rings is 2. The second-order valence-corrected chi connectivity index (χ2v) is 7.62. The molecule has 0 aromatic heterocycles. The van der Waals surface area contributed by atoms with Gasteiger partial charge in [-0.1, -0.05) is 47.5 Å². The standard InChI is InChI=1S/C15H12Cl2FNO3S/c16-11-5-3-7-13(15(11)17)19-14(20)9-23(21,22)8-10-4-1-2-6-12(10)18/h1-7H,8-9H2,(H,19,20). The number of halogens is 3. The average Bonchev–Trinajstić information content (AvgIpc) is 2.45. The van der Waals surface area contributed by atoms with E-state index in [1.54, 1.807) is 6.07 Å². The summed E-state index contributed by atoms with van der Waals surface area (Å²) in [5.74, 6) is -2.75. The predicted molar refractivity (Wildman–Crippen MR) is 89.0 cm³/mol. The maximum absolute atomic E-state index is 13.5. The van der Waals surface area contributed by atoms with Gasteiger partial charge in [0.15, 0.2) is 9.84 Å². The van der Waals surface area contributed by atoms with Gasteiger partial charge in [0.2, 0.25) is 5.91 Å². The second-order valence-electron chi connectivity index (χ2n) is 4.77. The number of hydrogen-bond acceptors (Lipinski definition) is 3. The molecule has 0 saturated heterocycles. The van der Waals surface area contributed by atoms with E-state index in [9.17, 15) is 17.6 Å². The molecule has 0 fully saturated rings. The summed E-state index contributed by atoms with van der Waals surface area (Å²) in [5, 5.41) is 2.73. The van der Waals surface area contributed by atoms with Gasteiger partial charge in [-0.05, 0) is 18.2 Å². The third-order valence-corrected chi connectivity index (χ3v) is 5.18. The quantitative estimate of drug-likeness (QED) is 0.866. The maximum Gasteiger partial charge on any atom is 0.239 e. The first-order valence-electron chi connectivity index (χ1n) is 6.46. The van der Waals surface area contributed by atoms with Gasteiger partial charge >= 0.3 is 0 Å². The average molecular weight is 376 g/mol. The van der Waals surface area contributed by atoms with E-state index in [2.05, 4.69) is 5.32 Å². The van der Waals surface area contributed by atoms with Crippen molar-refractivity contribution in [1.82, 2.24) is 0 Å². The van der Waals surface area contributed by atoms with Gasteiger partial charge < -0.3 is 5.32 Å². The van der Waals surface area contributed by atoms with E-state index >= 15 is 0 Å². The normalized spacial score (nSPS) is 11.3. The second kappa shape index (κ2) is 7.29. The Morgan fingerprint density at radius 2 is 1.78 bits per heavy atom. The number of amides is 1. The molecule has 1 N–H and O–H groups in total. The minimum Gasteiger partial charge on any atom is -0.324 e. The monoisotopic (exact) mass is 375 g/mol. The molecule has 0 aliphatic carbocycles. The summed E-state index contributed by atoms with van der Waals surface area (Å²) in [6.45, 7) is 0. The molecular formula is C15H12Cl2FNO3S. The lowest BCUT2D eigenvalue weighted by Gasteiger charge is -2.09. The van der Waals surface area contributed by atoms with Gasteiger partial charge in [-0.25, -0.2) is 12.8 Å². The zero-order chi connectivity index (χ0) is 17.0. The van der Waals surface area contributed by atoms with Gasteiger partial charge in [0.05, 0.1) is 21.5 Å². The van der Waals surface area contributed by atoms with Gasteiger partial charge in [-0.15, -0.1) is 0 Å². The van der Waals surface area contributed by atoms with Crippen molar-refractivity contribution in [3.05, 3.63) is 63.9 Å². The number of anilines is 1. The summed E-state index contributed by atoms with van der Waals surface area (Å²) in [5.41, 5.74) is 0.228. The van der Waals surface area contributed by atoms with Crippen LogP contribution in [0.2, 0.25) is 10.0 Å². The molecule has 0 aliphatic rings. The largest absolute Gasteiger partial charge is 0.324 e. The molecule has 4 nitrogen and oxygen atoms in total. The molecule has 0 heterocycles. The van der Waals surface area contributed by atoms with Crippen molar-refractivity contribution in [1.29, 1.82) is 0 Å². The lowest BCUT2D eigenvalue weighted by Crippen LogP contribution is -2.24.